The summed E-state index contributed by atoms with van der Waals surface area (Å²) in [5.74, 6) is 0. The highest BCUT2D eigenvalue weighted by atomic mass is 19.4. The van der Waals surface area contributed by atoms with Gasteiger partial charge in [0.1, 0.15) is 0 Å². The van der Waals surface area contributed by atoms with Crippen molar-refractivity contribution in [3.63, 3.8) is 0 Å². The van der Waals surface area contributed by atoms with E-state index in [1.807, 2.05) is 0 Å². The lowest BCUT2D eigenvalue weighted by Crippen LogP contribution is -2.45. The number of aliphatic hydroxyl groups is 2. The van der Waals surface area contributed by atoms with Crippen LogP contribution in [0.1, 0.15) is 12.8 Å². The highest BCUT2D eigenvalue weighted by Gasteiger charge is 2.52. The summed E-state index contributed by atoms with van der Waals surface area (Å²) in [7, 11) is 0. The summed E-state index contributed by atoms with van der Waals surface area (Å²) in [5.41, 5.74) is -2.74. The van der Waals surface area contributed by atoms with Crippen LogP contribution in [0, 0.1) is 0 Å². The third-order valence-corrected chi connectivity index (χ3v) is 1.91. The van der Waals surface area contributed by atoms with E-state index in [9.17, 15) is 13.2 Å². The third kappa shape index (κ3) is 1.61. The molecule has 2 nitrogen and oxygen atoms in total. The molecule has 0 aromatic rings. The number of alkyl halides is 3. The van der Waals surface area contributed by atoms with Gasteiger partial charge in [0.2, 0.25) is 0 Å². The number of hydrogen-bond donors (Lipinski definition) is 2. The van der Waals surface area contributed by atoms with Crippen LogP contribution in [0.25, 0.3) is 0 Å². The van der Waals surface area contributed by atoms with Crippen LogP contribution >= 0.6 is 0 Å². The molecule has 0 aromatic heterocycles. The Balaban J connectivity index is 2.81. The van der Waals surface area contributed by atoms with Crippen molar-refractivity contribution in [2.45, 2.75) is 30.7 Å². The summed E-state index contributed by atoms with van der Waals surface area (Å²) in [5, 5.41) is 17.8. The fraction of sp³-hybridized carbons (Fsp3) is 0.714. The van der Waals surface area contributed by atoms with Crippen molar-refractivity contribution >= 4 is 0 Å². The second-order valence-electron chi connectivity index (χ2n) is 2.89. The summed E-state index contributed by atoms with van der Waals surface area (Å²) in [6, 6.07) is 0. The molecule has 0 heterocycles. The second kappa shape index (κ2) is 2.74. The molecule has 5 heteroatoms. The lowest BCUT2D eigenvalue weighted by Gasteiger charge is -2.31. The van der Waals surface area contributed by atoms with Crippen molar-refractivity contribution in [3.05, 3.63) is 12.2 Å². The van der Waals surface area contributed by atoms with E-state index in [1.165, 1.54) is 0 Å². The van der Waals surface area contributed by atoms with Crippen molar-refractivity contribution in [3.8, 4) is 0 Å². The average molecular weight is 182 g/mol. The van der Waals surface area contributed by atoms with Gasteiger partial charge in [0.05, 0.1) is 6.10 Å². The van der Waals surface area contributed by atoms with E-state index in [-0.39, 0.29) is 6.42 Å². The molecule has 2 N–H and O–H groups in total. The topological polar surface area (TPSA) is 40.5 Å². The fourth-order valence-electron chi connectivity index (χ4n) is 1.05. The van der Waals surface area contributed by atoms with E-state index in [0.717, 1.165) is 6.08 Å². The van der Waals surface area contributed by atoms with E-state index in [0.29, 0.717) is 6.08 Å². The van der Waals surface area contributed by atoms with Gasteiger partial charge in [-0.15, -0.1) is 0 Å². The Kier molecular flexibility index (Phi) is 2.18. The smallest absolute Gasteiger partial charge is 0.389 e. The molecule has 12 heavy (non-hydrogen) atoms. The quantitative estimate of drug-likeness (QED) is 0.548. The minimum absolute atomic E-state index is 0.0630. The highest BCUT2D eigenvalue weighted by molar-refractivity contribution is 5.11. The molecule has 70 valence electrons. The first-order valence-electron chi connectivity index (χ1n) is 3.52. The van der Waals surface area contributed by atoms with Gasteiger partial charge in [0.25, 0.3) is 0 Å². The minimum Gasteiger partial charge on any atom is -0.389 e. The van der Waals surface area contributed by atoms with Gasteiger partial charge >= 0.3 is 6.18 Å². The summed E-state index contributed by atoms with van der Waals surface area (Å²) in [4.78, 5) is 0. The number of rotatable bonds is 0. The first-order chi connectivity index (χ1) is 5.35. The molecule has 0 saturated carbocycles. The zero-order chi connectivity index (χ0) is 9.41. The van der Waals surface area contributed by atoms with Gasteiger partial charge < -0.3 is 10.2 Å². The molecule has 0 amide bonds. The molecule has 0 aliphatic heterocycles. The molecule has 1 aliphatic rings. The Hall–Kier alpha value is -0.550. The fourth-order valence-corrected chi connectivity index (χ4v) is 1.05. The Labute approximate surface area is 67.3 Å². The van der Waals surface area contributed by atoms with E-state index in [1.54, 1.807) is 0 Å². The van der Waals surface area contributed by atoms with Crippen molar-refractivity contribution < 1.29 is 23.4 Å². The van der Waals surface area contributed by atoms with Gasteiger partial charge in [-0.3, -0.25) is 0 Å². The van der Waals surface area contributed by atoms with Gasteiger partial charge in [-0.1, -0.05) is 6.08 Å². The molecular formula is C7H9F3O2. The van der Waals surface area contributed by atoms with Crippen LogP contribution in [0.2, 0.25) is 0 Å². The molecule has 2 atom stereocenters. The van der Waals surface area contributed by atoms with Gasteiger partial charge in [0.15, 0.2) is 5.60 Å². The Morgan fingerprint density at radius 2 is 2.00 bits per heavy atom. The monoisotopic (exact) mass is 182 g/mol. The minimum atomic E-state index is -4.65. The van der Waals surface area contributed by atoms with Crippen LogP contribution in [0.5, 0.6) is 0 Å². The Morgan fingerprint density at radius 1 is 1.42 bits per heavy atom. The molecule has 0 radical (unpaired) electrons. The molecule has 0 spiro atoms. The van der Waals surface area contributed by atoms with Crippen LogP contribution in [0.4, 0.5) is 13.2 Å². The lowest BCUT2D eigenvalue weighted by molar-refractivity contribution is -0.244. The maximum absolute atomic E-state index is 12.1. The lowest BCUT2D eigenvalue weighted by atomic mass is 9.89. The molecule has 0 saturated heterocycles. The first-order valence-corrected chi connectivity index (χ1v) is 3.52. The van der Waals surface area contributed by atoms with E-state index < -0.39 is 24.3 Å². The third-order valence-electron chi connectivity index (χ3n) is 1.91. The van der Waals surface area contributed by atoms with Gasteiger partial charge in [-0.05, 0) is 18.9 Å². The Morgan fingerprint density at radius 3 is 2.33 bits per heavy atom. The number of aliphatic hydroxyl groups excluding tert-OH is 1. The van der Waals surface area contributed by atoms with Gasteiger partial charge in [-0.25, -0.2) is 0 Å². The standard InChI is InChI=1S/C7H9F3O2/c8-7(9,10)6(12)3-1-5(11)2-4-6/h1,3,5,11-12H,2,4H2. The summed E-state index contributed by atoms with van der Waals surface area (Å²) < 4.78 is 36.2. The molecule has 0 aromatic carbocycles. The molecule has 0 bridgehead atoms. The normalized spacial score (nSPS) is 36.9. The van der Waals surface area contributed by atoms with Gasteiger partial charge in [-0.2, -0.15) is 13.2 Å². The molecular weight excluding hydrogens is 173 g/mol. The average Bonchev–Trinajstić information content (AvgIpc) is 1.93. The Bertz CT molecular complexity index is 199. The van der Waals surface area contributed by atoms with Crippen LogP contribution in [0.3, 0.4) is 0 Å². The maximum atomic E-state index is 12.1. The molecule has 1 aliphatic carbocycles. The zero-order valence-electron chi connectivity index (χ0n) is 6.17. The largest absolute Gasteiger partial charge is 0.420 e. The first kappa shape index (κ1) is 9.54. The van der Waals surface area contributed by atoms with Crippen LogP contribution in [-0.2, 0) is 0 Å². The van der Waals surface area contributed by atoms with E-state index in [4.69, 9.17) is 10.2 Å². The predicted octanol–water partition coefficient (Wildman–Crippen LogP) is 0.991. The molecule has 2 unspecified atom stereocenters. The number of halogens is 3. The van der Waals surface area contributed by atoms with Crippen LogP contribution < -0.4 is 0 Å². The summed E-state index contributed by atoms with van der Waals surface area (Å²) >= 11 is 0. The van der Waals surface area contributed by atoms with Crippen molar-refractivity contribution in [1.82, 2.24) is 0 Å². The zero-order valence-corrected chi connectivity index (χ0v) is 6.17. The van der Waals surface area contributed by atoms with Gasteiger partial charge in [0, 0.05) is 0 Å². The molecule has 0 fully saturated rings. The predicted molar refractivity (Wildman–Crippen MR) is 35.4 cm³/mol. The van der Waals surface area contributed by atoms with Crippen LogP contribution in [-0.4, -0.2) is 28.1 Å². The maximum Gasteiger partial charge on any atom is 0.420 e. The van der Waals surface area contributed by atoms with Crippen molar-refractivity contribution in [2.24, 2.45) is 0 Å². The van der Waals surface area contributed by atoms with Crippen molar-refractivity contribution in [1.29, 1.82) is 0 Å². The summed E-state index contributed by atoms with van der Waals surface area (Å²) in [6.45, 7) is 0. The number of hydrogen-bond acceptors (Lipinski definition) is 2. The highest BCUT2D eigenvalue weighted by Crippen LogP contribution is 2.37. The van der Waals surface area contributed by atoms with E-state index >= 15 is 0 Å². The SMILES string of the molecule is OC1C=CC(O)(C(F)(F)F)CC1. The molecule has 1 rings (SSSR count). The second-order valence-corrected chi connectivity index (χ2v) is 2.89. The van der Waals surface area contributed by atoms with Crippen LogP contribution in [0.15, 0.2) is 12.2 Å². The summed E-state index contributed by atoms with van der Waals surface area (Å²) in [6.07, 6.45) is -4.48. The van der Waals surface area contributed by atoms with E-state index in [2.05, 4.69) is 0 Å². The van der Waals surface area contributed by atoms with Crippen molar-refractivity contribution in [2.75, 3.05) is 0 Å².